The lowest BCUT2D eigenvalue weighted by atomic mass is 10.2. The molecule has 0 heterocycles. The minimum atomic E-state index is -0.670. The molecule has 0 aliphatic rings. The van der Waals surface area contributed by atoms with E-state index in [-0.39, 0.29) is 18.2 Å². The van der Waals surface area contributed by atoms with Crippen molar-refractivity contribution in [2.75, 3.05) is 0 Å². The van der Waals surface area contributed by atoms with E-state index < -0.39 is 6.09 Å². The van der Waals surface area contributed by atoms with Crippen molar-refractivity contribution >= 4 is 11.9 Å². The Balaban J connectivity index is 2.37. The van der Waals surface area contributed by atoms with Crippen molar-refractivity contribution in [3.05, 3.63) is 36.2 Å². The van der Waals surface area contributed by atoms with Gasteiger partial charge >= 0.3 is 6.09 Å². The third-order valence-electron chi connectivity index (χ3n) is 1.83. The molecule has 0 unspecified atom stereocenters. The van der Waals surface area contributed by atoms with Crippen LogP contribution in [0.5, 0.6) is 5.75 Å². The van der Waals surface area contributed by atoms with E-state index in [1.807, 2.05) is 0 Å². The maximum atomic E-state index is 11.1. The van der Waals surface area contributed by atoms with Gasteiger partial charge in [0.15, 0.2) is 0 Å². The van der Waals surface area contributed by atoms with Crippen molar-refractivity contribution < 1.29 is 14.6 Å². The topological polar surface area (TPSA) is 82.4 Å². The third-order valence-corrected chi connectivity index (χ3v) is 1.83. The minimum absolute atomic E-state index is 0.00398. The van der Waals surface area contributed by atoms with Gasteiger partial charge in [0.2, 0.25) is 0 Å². The highest BCUT2D eigenvalue weighted by molar-refractivity contribution is 5.98. The summed E-state index contributed by atoms with van der Waals surface area (Å²) >= 11 is 0. The Morgan fingerprint density at radius 1 is 1.50 bits per heavy atom. The van der Waals surface area contributed by atoms with Crippen LogP contribution in [0.4, 0.5) is 4.79 Å². The Labute approximate surface area is 93.6 Å². The number of phenolic OH excluding ortho intramolecular Hbond substituents is 1. The van der Waals surface area contributed by atoms with Crippen LogP contribution < -0.4 is 5.32 Å². The van der Waals surface area contributed by atoms with E-state index >= 15 is 0 Å². The number of amidine groups is 1. The number of aromatic hydroxyl groups is 1. The van der Waals surface area contributed by atoms with Crippen LogP contribution in [-0.4, -0.2) is 17.0 Å². The van der Waals surface area contributed by atoms with Crippen LogP contribution in [0.3, 0.4) is 0 Å². The average Bonchev–Trinajstić information content (AvgIpc) is 2.28. The SMILES string of the molecule is C[CH]C(=N)NC(=O)OCc1ccc(O)cc1. The first kappa shape index (κ1) is 12.0. The van der Waals surface area contributed by atoms with Gasteiger partial charge in [0.05, 0.1) is 0 Å². The lowest BCUT2D eigenvalue weighted by Gasteiger charge is -2.06. The minimum Gasteiger partial charge on any atom is -0.508 e. The lowest BCUT2D eigenvalue weighted by Crippen LogP contribution is -2.29. The van der Waals surface area contributed by atoms with Crippen molar-refractivity contribution in [2.45, 2.75) is 13.5 Å². The van der Waals surface area contributed by atoms with Gasteiger partial charge in [-0.1, -0.05) is 19.1 Å². The van der Waals surface area contributed by atoms with Gasteiger partial charge in [-0.25, -0.2) is 4.79 Å². The first-order valence-electron chi connectivity index (χ1n) is 4.71. The molecule has 0 aromatic heterocycles. The summed E-state index contributed by atoms with van der Waals surface area (Å²) in [5, 5.41) is 18.4. The van der Waals surface area contributed by atoms with Crippen molar-refractivity contribution in [1.29, 1.82) is 5.41 Å². The van der Waals surface area contributed by atoms with Crippen LogP contribution in [0.1, 0.15) is 12.5 Å². The zero-order valence-electron chi connectivity index (χ0n) is 8.86. The highest BCUT2D eigenvalue weighted by atomic mass is 16.5. The smallest absolute Gasteiger partial charge is 0.412 e. The van der Waals surface area contributed by atoms with Crippen LogP contribution in [-0.2, 0) is 11.3 Å². The van der Waals surface area contributed by atoms with E-state index in [9.17, 15) is 4.79 Å². The molecular formula is C11H13N2O3. The molecule has 0 spiro atoms. The Bertz CT molecular complexity index is 373. The number of alkyl carbamates (subject to hydrolysis) is 1. The quantitative estimate of drug-likeness (QED) is 0.537. The molecule has 0 saturated carbocycles. The standard InChI is InChI=1S/C11H13N2O3/c1-2-10(12)13-11(15)16-7-8-3-5-9(14)6-4-8/h2-6,14H,7H2,1H3,(H2,12,13,15). The molecule has 1 aromatic rings. The van der Waals surface area contributed by atoms with Gasteiger partial charge in [0.1, 0.15) is 18.2 Å². The van der Waals surface area contributed by atoms with Gasteiger partial charge in [0.25, 0.3) is 0 Å². The van der Waals surface area contributed by atoms with Crippen LogP contribution >= 0.6 is 0 Å². The highest BCUT2D eigenvalue weighted by Crippen LogP contribution is 2.10. The summed E-state index contributed by atoms with van der Waals surface area (Å²) in [6, 6.07) is 6.33. The molecule has 1 radical (unpaired) electrons. The van der Waals surface area contributed by atoms with Crippen LogP contribution in [0.25, 0.3) is 0 Å². The number of ether oxygens (including phenoxy) is 1. The molecule has 1 amide bonds. The first-order chi connectivity index (χ1) is 7.61. The van der Waals surface area contributed by atoms with E-state index in [1.165, 1.54) is 18.6 Å². The molecule has 1 aromatic carbocycles. The van der Waals surface area contributed by atoms with Crippen molar-refractivity contribution in [2.24, 2.45) is 0 Å². The fourth-order valence-corrected chi connectivity index (χ4v) is 0.959. The zero-order valence-corrected chi connectivity index (χ0v) is 8.86. The number of amides is 1. The average molecular weight is 221 g/mol. The van der Waals surface area contributed by atoms with Gasteiger partial charge in [-0.05, 0) is 17.7 Å². The molecule has 0 aliphatic heterocycles. The molecular weight excluding hydrogens is 208 g/mol. The Morgan fingerprint density at radius 3 is 2.69 bits per heavy atom. The van der Waals surface area contributed by atoms with Gasteiger partial charge in [-0.3, -0.25) is 10.7 Å². The summed E-state index contributed by atoms with van der Waals surface area (Å²) in [5.74, 6) is 0.159. The summed E-state index contributed by atoms with van der Waals surface area (Å²) in [5.41, 5.74) is 0.764. The fourth-order valence-electron chi connectivity index (χ4n) is 0.959. The molecule has 1 rings (SSSR count). The van der Waals surface area contributed by atoms with E-state index in [2.05, 4.69) is 5.32 Å². The van der Waals surface area contributed by atoms with E-state index in [0.29, 0.717) is 0 Å². The van der Waals surface area contributed by atoms with Crippen molar-refractivity contribution in [1.82, 2.24) is 5.32 Å². The lowest BCUT2D eigenvalue weighted by molar-refractivity contribution is 0.145. The second-order valence-electron chi connectivity index (χ2n) is 3.07. The predicted molar refractivity (Wildman–Crippen MR) is 59.1 cm³/mol. The molecule has 3 N–H and O–H groups in total. The second-order valence-corrected chi connectivity index (χ2v) is 3.07. The number of nitrogens with one attached hydrogen (secondary N) is 2. The van der Waals surface area contributed by atoms with Gasteiger partial charge in [0, 0.05) is 6.42 Å². The third kappa shape index (κ3) is 4.00. The van der Waals surface area contributed by atoms with Crippen molar-refractivity contribution in [3.8, 4) is 5.75 Å². The summed E-state index contributed by atoms with van der Waals surface area (Å²) in [4.78, 5) is 11.1. The number of phenols is 1. The number of hydrogen-bond acceptors (Lipinski definition) is 4. The summed E-state index contributed by atoms with van der Waals surface area (Å²) in [6.45, 7) is 1.74. The number of carbonyl (C=O) groups excluding carboxylic acids is 1. The summed E-state index contributed by atoms with van der Waals surface area (Å²) in [7, 11) is 0. The summed E-state index contributed by atoms with van der Waals surface area (Å²) in [6.07, 6.45) is 0.776. The zero-order chi connectivity index (χ0) is 12.0. The predicted octanol–water partition coefficient (Wildman–Crippen LogP) is 1.82. The maximum Gasteiger partial charge on any atom is 0.412 e. The maximum absolute atomic E-state index is 11.1. The Kier molecular flexibility index (Phi) is 4.32. The number of hydrogen-bond donors (Lipinski definition) is 3. The summed E-state index contributed by atoms with van der Waals surface area (Å²) < 4.78 is 4.85. The van der Waals surface area contributed by atoms with Crippen LogP contribution in [0.2, 0.25) is 0 Å². The second kappa shape index (κ2) is 5.75. The van der Waals surface area contributed by atoms with Gasteiger partial charge < -0.3 is 9.84 Å². The Hall–Kier alpha value is -2.04. The van der Waals surface area contributed by atoms with Gasteiger partial charge in [-0.2, -0.15) is 0 Å². The first-order valence-corrected chi connectivity index (χ1v) is 4.71. The van der Waals surface area contributed by atoms with E-state index in [4.69, 9.17) is 15.3 Å². The largest absolute Gasteiger partial charge is 0.508 e. The number of rotatable bonds is 3. The van der Waals surface area contributed by atoms with Crippen LogP contribution in [0, 0.1) is 11.8 Å². The van der Waals surface area contributed by atoms with Gasteiger partial charge in [-0.15, -0.1) is 0 Å². The fraction of sp³-hybridized carbons (Fsp3) is 0.182. The molecule has 0 saturated heterocycles. The molecule has 85 valence electrons. The molecule has 0 atom stereocenters. The highest BCUT2D eigenvalue weighted by Gasteiger charge is 2.04. The van der Waals surface area contributed by atoms with Crippen molar-refractivity contribution in [3.63, 3.8) is 0 Å². The molecule has 5 nitrogen and oxygen atoms in total. The van der Waals surface area contributed by atoms with E-state index in [1.54, 1.807) is 19.1 Å². The number of carbonyl (C=O) groups is 1. The van der Waals surface area contributed by atoms with E-state index in [0.717, 1.165) is 5.56 Å². The normalized spacial score (nSPS) is 9.56. The molecule has 5 heteroatoms. The number of benzene rings is 1. The van der Waals surface area contributed by atoms with Crippen LogP contribution in [0.15, 0.2) is 24.3 Å². The molecule has 0 aliphatic carbocycles. The molecule has 16 heavy (non-hydrogen) atoms. The monoisotopic (exact) mass is 221 g/mol. The molecule has 0 fully saturated rings. The molecule has 0 bridgehead atoms. The Morgan fingerprint density at radius 2 is 2.12 bits per heavy atom.